The summed E-state index contributed by atoms with van der Waals surface area (Å²) in [5.41, 5.74) is 0.311. The lowest BCUT2D eigenvalue weighted by Crippen LogP contribution is -2.35. The number of carbonyl (C=O) groups excluding carboxylic acids is 1. The summed E-state index contributed by atoms with van der Waals surface area (Å²) < 4.78 is 35.5. The number of benzene rings is 2. The van der Waals surface area contributed by atoms with Gasteiger partial charge in [0.1, 0.15) is 18.5 Å². The van der Waals surface area contributed by atoms with Crippen molar-refractivity contribution in [2.45, 2.75) is 18.9 Å². The van der Waals surface area contributed by atoms with Gasteiger partial charge in [0.05, 0.1) is 26.0 Å². The summed E-state index contributed by atoms with van der Waals surface area (Å²) in [6.45, 7) is -0.0644. The molecule has 9 heteroatoms. The lowest BCUT2D eigenvalue weighted by Gasteiger charge is -2.17. The van der Waals surface area contributed by atoms with Gasteiger partial charge in [-0.1, -0.05) is 18.2 Å². The van der Waals surface area contributed by atoms with E-state index in [1.54, 1.807) is 36.4 Å². The minimum atomic E-state index is -0.942. The van der Waals surface area contributed by atoms with Crippen LogP contribution in [-0.2, 0) is 11.2 Å². The zero-order valence-electron chi connectivity index (χ0n) is 17.8. The molecule has 0 bridgehead atoms. The number of hydrogen-bond donors (Lipinski definition) is 2. The van der Waals surface area contributed by atoms with Gasteiger partial charge < -0.3 is 29.1 Å². The molecule has 2 N–H and O–H groups in total. The minimum Gasteiger partial charge on any atom is -0.493 e. The number of aliphatic hydroxyl groups is 1. The van der Waals surface area contributed by atoms with E-state index in [9.17, 15) is 14.3 Å². The van der Waals surface area contributed by atoms with E-state index >= 15 is 0 Å². The fraction of sp³-hybridized carbons (Fsp3) is 0.304. The minimum absolute atomic E-state index is 0.00234. The van der Waals surface area contributed by atoms with Gasteiger partial charge in [-0.2, -0.15) is 0 Å². The van der Waals surface area contributed by atoms with Gasteiger partial charge in [-0.05, 0) is 24.3 Å². The van der Waals surface area contributed by atoms with Crippen LogP contribution in [0, 0.1) is 5.82 Å². The molecule has 1 unspecified atom stereocenters. The Labute approximate surface area is 184 Å². The molecule has 1 aromatic heterocycles. The number of oxazole rings is 1. The van der Waals surface area contributed by atoms with Crippen molar-refractivity contribution in [2.24, 2.45) is 0 Å². The summed E-state index contributed by atoms with van der Waals surface area (Å²) in [5.74, 6) is 1.25. The van der Waals surface area contributed by atoms with Gasteiger partial charge in [0.2, 0.25) is 11.7 Å². The number of amides is 1. The van der Waals surface area contributed by atoms with Crippen molar-refractivity contribution in [3.05, 3.63) is 60.4 Å². The number of aromatic nitrogens is 1. The molecular formula is C23H25FN2O6. The average Bonchev–Trinajstić information content (AvgIpc) is 3.28. The number of halogens is 1. The molecule has 8 nitrogen and oxygen atoms in total. The lowest BCUT2D eigenvalue weighted by molar-refractivity contribution is -0.121. The molecule has 0 aliphatic carbocycles. The van der Waals surface area contributed by atoms with E-state index in [4.69, 9.17) is 18.6 Å². The van der Waals surface area contributed by atoms with Crippen molar-refractivity contribution in [3.63, 3.8) is 0 Å². The number of aryl methyl sites for hydroxylation is 1. The molecule has 1 amide bonds. The molecule has 32 heavy (non-hydrogen) atoms. The molecule has 0 saturated heterocycles. The van der Waals surface area contributed by atoms with Crippen molar-refractivity contribution < 1.29 is 32.9 Å². The van der Waals surface area contributed by atoms with Crippen LogP contribution < -0.4 is 19.5 Å². The van der Waals surface area contributed by atoms with Gasteiger partial charge in [-0.3, -0.25) is 4.79 Å². The standard InChI is InChI=1S/C23H25FN2O6/c1-29-18-8-5-9-19(30-2)23(18)31-14-15(27)12-25-21(28)10-11-22-26-13-20(32-22)16-6-3-4-7-17(16)24/h3-9,13,15,27H,10-12,14H2,1-2H3,(H,25,28). The summed E-state index contributed by atoms with van der Waals surface area (Å²) >= 11 is 0. The molecule has 170 valence electrons. The maximum Gasteiger partial charge on any atom is 0.220 e. The Morgan fingerprint density at radius 1 is 1.16 bits per heavy atom. The fourth-order valence-electron chi connectivity index (χ4n) is 2.95. The molecule has 0 spiro atoms. The monoisotopic (exact) mass is 444 g/mol. The number of methoxy groups -OCH3 is 2. The SMILES string of the molecule is COc1cccc(OC)c1OCC(O)CNC(=O)CCc1ncc(-c2ccccc2F)o1. The summed E-state index contributed by atoms with van der Waals surface area (Å²) in [7, 11) is 3.01. The van der Waals surface area contributed by atoms with Gasteiger partial charge in [-0.25, -0.2) is 9.37 Å². The molecule has 0 radical (unpaired) electrons. The molecule has 1 atom stereocenters. The number of nitrogens with zero attached hydrogens (tertiary/aromatic N) is 1. The van der Waals surface area contributed by atoms with E-state index in [-0.39, 0.29) is 31.9 Å². The number of para-hydroxylation sites is 1. The number of rotatable bonds is 11. The number of carbonyl (C=O) groups is 1. The number of hydrogen-bond acceptors (Lipinski definition) is 7. The lowest BCUT2D eigenvalue weighted by atomic mass is 10.2. The molecule has 1 heterocycles. The highest BCUT2D eigenvalue weighted by Crippen LogP contribution is 2.36. The fourth-order valence-corrected chi connectivity index (χ4v) is 2.95. The predicted octanol–water partition coefficient (Wildman–Crippen LogP) is 2.99. The first kappa shape index (κ1) is 23.1. The van der Waals surface area contributed by atoms with E-state index < -0.39 is 11.9 Å². The van der Waals surface area contributed by atoms with Gasteiger partial charge in [0.25, 0.3) is 0 Å². The van der Waals surface area contributed by atoms with Crippen molar-refractivity contribution in [1.29, 1.82) is 0 Å². The smallest absolute Gasteiger partial charge is 0.220 e. The van der Waals surface area contributed by atoms with E-state index in [0.29, 0.717) is 34.5 Å². The first-order valence-electron chi connectivity index (χ1n) is 10.00. The van der Waals surface area contributed by atoms with Crippen LogP contribution in [0.5, 0.6) is 17.2 Å². The third kappa shape index (κ3) is 5.98. The highest BCUT2D eigenvalue weighted by Gasteiger charge is 2.15. The van der Waals surface area contributed by atoms with Gasteiger partial charge in [0, 0.05) is 19.4 Å². The Morgan fingerprint density at radius 2 is 1.88 bits per heavy atom. The Balaban J connectivity index is 1.43. The first-order valence-corrected chi connectivity index (χ1v) is 10.00. The van der Waals surface area contributed by atoms with Gasteiger partial charge >= 0.3 is 0 Å². The molecular weight excluding hydrogens is 419 g/mol. The van der Waals surface area contributed by atoms with E-state index in [2.05, 4.69) is 10.3 Å². The van der Waals surface area contributed by atoms with E-state index in [1.807, 2.05) is 0 Å². The third-order valence-electron chi connectivity index (χ3n) is 4.60. The first-order chi connectivity index (χ1) is 15.5. The largest absolute Gasteiger partial charge is 0.493 e. The third-order valence-corrected chi connectivity index (χ3v) is 4.60. The average molecular weight is 444 g/mol. The zero-order chi connectivity index (χ0) is 22.9. The van der Waals surface area contributed by atoms with Crippen molar-refractivity contribution in [1.82, 2.24) is 10.3 Å². The second kappa shape index (κ2) is 11.1. The zero-order valence-corrected chi connectivity index (χ0v) is 17.8. The van der Waals surface area contributed by atoms with Crippen molar-refractivity contribution >= 4 is 5.91 Å². The van der Waals surface area contributed by atoms with Crippen LogP contribution in [0.1, 0.15) is 12.3 Å². The Morgan fingerprint density at radius 3 is 2.56 bits per heavy atom. The van der Waals surface area contributed by atoms with Crippen LogP contribution >= 0.6 is 0 Å². The molecule has 0 aliphatic heterocycles. The summed E-state index contributed by atoms with van der Waals surface area (Å²) in [6, 6.07) is 11.4. The highest BCUT2D eigenvalue weighted by atomic mass is 19.1. The second-order valence-electron chi connectivity index (χ2n) is 6.86. The molecule has 3 aromatic rings. The molecule has 2 aromatic carbocycles. The predicted molar refractivity (Wildman–Crippen MR) is 114 cm³/mol. The Kier molecular flexibility index (Phi) is 8.04. The quantitative estimate of drug-likeness (QED) is 0.469. The van der Waals surface area contributed by atoms with Crippen molar-refractivity contribution in [3.8, 4) is 28.6 Å². The topological polar surface area (TPSA) is 103 Å². The summed E-state index contributed by atoms with van der Waals surface area (Å²) in [5, 5.41) is 12.8. The van der Waals surface area contributed by atoms with Crippen LogP contribution in [0.15, 0.2) is 53.1 Å². The normalized spacial score (nSPS) is 11.6. The van der Waals surface area contributed by atoms with Gasteiger partial charge in [0.15, 0.2) is 23.1 Å². The van der Waals surface area contributed by atoms with E-state index in [0.717, 1.165) is 0 Å². The molecule has 3 rings (SSSR count). The molecule has 0 fully saturated rings. The number of nitrogens with one attached hydrogen (secondary N) is 1. The second-order valence-corrected chi connectivity index (χ2v) is 6.86. The van der Waals surface area contributed by atoms with Crippen molar-refractivity contribution in [2.75, 3.05) is 27.4 Å². The van der Waals surface area contributed by atoms with Crippen LogP contribution in [0.3, 0.4) is 0 Å². The summed E-state index contributed by atoms with van der Waals surface area (Å²) in [4.78, 5) is 16.2. The van der Waals surface area contributed by atoms with E-state index in [1.165, 1.54) is 26.5 Å². The van der Waals surface area contributed by atoms with Crippen LogP contribution in [0.25, 0.3) is 11.3 Å². The van der Waals surface area contributed by atoms with Crippen LogP contribution in [-0.4, -0.2) is 49.5 Å². The number of ether oxygens (including phenoxy) is 3. The molecule has 0 aliphatic rings. The van der Waals surface area contributed by atoms with Crippen LogP contribution in [0.4, 0.5) is 4.39 Å². The Hall–Kier alpha value is -3.59. The highest BCUT2D eigenvalue weighted by molar-refractivity contribution is 5.76. The van der Waals surface area contributed by atoms with Crippen LogP contribution in [0.2, 0.25) is 0 Å². The maximum absolute atomic E-state index is 13.8. The van der Waals surface area contributed by atoms with Gasteiger partial charge in [-0.15, -0.1) is 0 Å². The molecule has 0 saturated carbocycles. The summed E-state index contributed by atoms with van der Waals surface area (Å²) in [6.07, 6.45) is 0.831. The maximum atomic E-state index is 13.8. The number of aliphatic hydroxyl groups excluding tert-OH is 1. The Bertz CT molecular complexity index is 1020.